The summed E-state index contributed by atoms with van der Waals surface area (Å²) in [4.78, 5) is 38.7. The zero-order chi connectivity index (χ0) is 32.8. The smallest absolute Gasteiger partial charge is 0.419 e. The molecule has 0 fully saturated rings. The summed E-state index contributed by atoms with van der Waals surface area (Å²) >= 11 is 0. The number of alkyl halides is 3. The van der Waals surface area contributed by atoms with Gasteiger partial charge in [0, 0.05) is 18.9 Å². The van der Waals surface area contributed by atoms with Crippen LogP contribution < -0.4 is 16.0 Å². The molecule has 0 bridgehead atoms. The molecule has 3 aromatic carbocycles. The second kappa shape index (κ2) is 13.9. The molecule has 0 unspecified atom stereocenters. The van der Waals surface area contributed by atoms with Gasteiger partial charge < -0.3 is 15.4 Å². The number of nitrogens with zero attached hydrogens (tertiary/aromatic N) is 4. The number of carbonyl (C=O) groups excluding carboxylic acids is 1. The first-order valence-electron chi connectivity index (χ1n) is 14.6. The van der Waals surface area contributed by atoms with Gasteiger partial charge in [-0.05, 0) is 85.6 Å². The molecule has 0 saturated heterocycles. The van der Waals surface area contributed by atoms with E-state index in [0.29, 0.717) is 46.6 Å². The molecule has 0 aliphatic heterocycles. The van der Waals surface area contributed by atoms with Crippen molar-refractivity contribution in [2.75, 3.05) is 13.2 Å². The molecule has 46 heavy (non-hydrogen) atoms. The molecule has 1 amide bonds. The van der Waals surface area contributed by atoms with Crippen molar-refractivity contribution < 1.29 is 27.1 Å². The summed E-state index contributed by atoms with van der Waals surface area (Å²) in [5, 5.41) is 0.358. The van der Waals surface area contributed by atoms with Crippen molar-refractivity contribution in [2.45, 2.75) is 38.5 Å². The van der Waals surface area contributed by atoms with E-state index in [4.69, 9.17) is 15.5 Å². The van der Waals surface area contributed by atoms with Crippen LogP contribution in [0.2, 0.25) is 0 Å². The van der Waals surface area contributed by atoms with Crippen LogP contribution in [0.3, 0.4) is 0 Å². The molecule has 0 spiro atoms. The molecule has 2 heterocycles. The van der Waals surface area contributed by atoms with Gasteiger partial charge in [-0.1, -0.05) is 24.3 Å². The number of halogens is 4. The number of pyridine rings is 1. The van der Waals surface area contributed by atoms with E-state index in [-0.39, 0.29) is 36.5 Å². The lowest BCUT2D eigenvalue weighted by Gasteiger charge is -2.33. The highest BCUT2D eigenvalue weighted by atomic mass is 19.4. The van der Waals surface area contributed by atoms with Crippen LogP contribution in [-0.2, 0) is 23.9 Å². The van der Waals surface area contributed by atoms with Crippen LogP contribution in [0, 0.1) is 5.82 Å². The Morgan fingerprint density at radius 1 is 1.02 bits per heavy atom. The molecule has 5 aromatic rings. The van der Waals surface area contributed by atoms with Crippen molar-refractivity contribution in [1.82, 2.24) is 19.4 Å². The van der Waals surface area contributed by atoms with Gasteiger partial charge in [0.1, 0.15) is 17.4 Å². The Hall–Kier alpha value is -5.10. The Bertz CT molecular complexity index is 1880. The molecule has 5 rings (SSSR count). The van der Waals surface area contributed by atoms with Crippen LogP contribution in [-0.4, -0.2) is 38.5 Å². The largest absolute Gasteiger partial charge is 0.494 e. The maximum Gasteiger partial charge on any atom is 0.419 e. The van der Waals surface area contributed by atoms with E-state index in [1.165, 1.54) is 9.47 Å². The third kappa shape index (κ3) is 7.07. The molecule has 8 nitrogen and oxygen atoms in total. The zero-order valence-corrected chi connectivity index (χ0v) is 24.9. The summed E-state index contributed by atoms with van der Waals surface area (Å²) in [5.74, 6) is -1.18. The van der Waals surface area contributed by atoms with Crippen molar-refractivity contribution in [2.24, 2.45) is 5.73 Å². The quantitative estimate of drug-likeness (QED) is 0.179. The van der Waals surface area contributed by atoms with Gasteiger partial charge in [-0.15, -0.1) is 0 Å². The van der Waals surface area contributed by atoms with Crippen molar-refractivity contribution in [3.63, 3.8) is 0 Å². The number of hydrogen-bond acceptors (Lipinski definition) is 6. The Kier molecular flexibility index (Phi) is 9.76. The van der Waals surface area contributed by atoms with Gasteiger partial charge in [0.25, 0.3) is 5.56 Å². The van der Waals surface area contributed by atoms with Gasteiger partial charge in [-0.3, -0.25) is 19.1 Å². The van der Waals surface area contributed by atoms with E-state index in [1.807, 2.05) is 6.92 Å². The lowest BCUT2D eigenvalue weighted by molar-refractivity contribution is -0.140. The lowest BCUT2D eigenvalue weighted by atomic mass is 10.0. The molecule has 2 aromatic heterocycles. The van der Waals surface area contributed by atoms with Crippen molar-refractivity contribution >= 4 is 16.8 Å². The van der Waals surface area contributed by atoms with Crippen molar-refractivity contribution in [3.05, 3.63) is 130 Å². The van der Waals surface area contributed by atoms with E-state index in [9.17, 15) is 27.2 Å². The number of hydrogen-bond donors (Lipinski definition) is 1. The van der Waals surface area contributed by atoms with Gasteiger partial charge in [0.05, 0.1) is 41.2 Å². The van der Waals surface area contributed by atoms with Crippen LogP contribution in [0.15, 0.2) is 96.1 Å². The average Bonchev–Trinajstić information content (AvgIpc) is 3.03. The highest BCUT2D eigenvalue weighted by molar-refractivity contribution is 5.80. The van der Waals surface area contributed by atoms with Gasteiger partial charge in [-0.2, -0.15) is 13.2 Å². The predicted molar refractivity (Wildman–Crippen MR) is 165 cm³/mol. The standard InChI is InChI=1S/C34H31F4N5O3/c1-2-46-25-12-10-24(11-13-25)43-32(41-29-8-4-3-7-26(29)33(43)45)30(15-16-39)42(21-23-6-5-17-40-20-23)31(44)19-22-9-14-27(28(35)18-22)34(36,37)38/h3-14,17-18,20,30H,2,15-16,19,21,39H2,1H3/t30-/m1/s1. The lowest BCUT2D eigenvalue weighted by Crippen LogP contribution is -2.40. The Morgan fingerprint density at radius 3 is 2.43 bits per heavy atom. The molecule has 0 radical (unpaired) electrons. The molecule has 1 atom stereocenters. The molecule has 0 aliphatic rings. The minimum Gasteiger partial charge on any atom is -0.494 e. The third-order valence-corrected chi connectivity index (χ3v) is 7.41. The highest BCUT2D eigenvalue weighted by Crippen LogP contribution is 2.33. The number of para-hydroxylation sites is 1. The number of ether oxygens (including phenoxy) is 1. The van der Waals surface area contributed by atoms with E-state index in [2.05, 4.69) is 4.98 Å². The first-order valence-corrected chi connectivity index (χ1v) is 14.6. The molecule has 12 heteroatoms. The summed E-state index contributed by atoms with van der Waals surface area (Å²) in [5.41, 5.74) is 5.87. The fourth-order valence-corrected chi connectivity index (χ4v) is 5.30. The van der Waals surface area contributed by atoms with Gasteiger partial charge in [-0.25, -0.2) is 9.37 Å². The SMILES string of the molecule is CCOc1ccc(-n2c([C@@H](CCN)N(Cc3cccnc3)C(=O)Cc3ccc(C(F)(F)F)c(F)c3)nc3ccccc3c2=O)cc1. The number of benzene rings is 3. The van der Waals surface area contributed by atoms with Crippen LogP contribution in [0.1, 0.15) is 41.9 Å². The fourth-order valence-electron chi connectivity index (χ4n) is 5.30. The Labute approximate surface area is 262 Å². The predicted octanol–water partition coefficient (Wildman–Crippen LogP) is 6.00. The van der Waals surface area contributed by atoms with E-state index >= 15 is 0 Å². The number of amides is 1. The molecular weight excluding hydrogens is 602 g/mol. The van der Waals surface area contributed by atoms with E-state index in [1.54, 1.807) is 73.1 Å². The van der Waals surface area contributed by atoms with Crippen LogP contribution >= 0.6 is 0 Å². The van der Waals surface area contributed by atoms with Gasteiger partial charge >= 0.3 is 6.18 Å². The zero-order valence-electron chi connectivity index (χ0n) is 24.9. The van der Waals surface area contributed by atoms with Crippen molar-refractivity contribution in [3.8, 4) is 11.4 Å². The minimum absolute atomic E-state index is 0.00638. The summed E-state index contributed by atoms with van der Waals surface area (Å²) in [7, 11) is 0. The molecule has 2 N–H and O–H groups in total. The minimum atomic E-state index is -4.88. The van der Waals surface area contributed by atoms with Crippen LogP contribution in [0.5, 0.6) is 5.75 Å². The third-order valence-electron chi connectivity index (χ3n) is 7.41. The van der Waals surface area contributed by atoms with Gasteiger partial charge in [0.2, 0.25) is 5.91 Å². The fraction of sp³-hybridized carbons (Fsp3) is 0.235. The highest BCUT2D eigenvalue weighted by Gasteiger charge is 2.35. The summed E-state index contributed by atoms with van der Waals surface area (Å²) in [6.07, 6.45) is -1.97. The number of nitrogens with two attached hydrogens (primary N) is 1. The number of aromatic nitrogens is 3. The summed E-state index contributed by atoms with van der Waals surface area (Å²) in [6.45, 7) is 2.41. The van der Waals surface area contributed by atoms with E-state index in [0.717, 1.165) is 6.07 Å². The number of fused-ring (bicyclic) bond motifs is 1. The van der Waals surface area contributed by atoms with E-state index < -0.39 is 35.9 Å². The molecular formula is C34H31F4N5O3. The molecule has 0 saturated carbocycles. The second-order valence-electron chi connectivity index (χ2n) is 10.5. The number of carbonyl (C=O) groups is 1. The topological polar surface area (TPSA) is 103 Å². The van der Waals surface area contributed by atoms with Gasteiger partial charge in [0.15, 0.2) is 0 Å². The maximum atomic E-state index is 14.5. The first kappa shape index (κ1) is 32.3. The summed E-state index contributed by atoms with van der Waals surface area (Å²) in [6, 6.07) is 18.7. The van der Waals surface area contributed by atoms with Crippen molar-refractivity contribution in [1.29, 1.82) is 0 Å². The number of rotatable bonds is 11. The monoisotopic (exact) mass is 633 g/mol. The Balaban J connectivity index is 1.65. The van der Waals surface area contributed by atoms with Crippen LogP contribution in [0.25, 0.3) is 16.6 Å². The summed E-state index contributed by atoms with van der Waals surface area (Å²) < 4.78 is 61.1. The normalized spacial score (nSPS) is 12.2. The maximum absolute atomic E-state index is 14.5. The second-order valence-corrected chi connectivity index (χ2v) is 10.5. The molecule has 0 aliphatic carbocycles. The average molecular weight is 634 g/mol. The van der Waals surface area contributed by atoms with Crippen LogP contribution in [0.4, 0.5) is 17.6 Å². The Morgan fingerprint density at radius 2 is 1.78 bits per heavy atom. The first-order chi connectivity index (χ1) is 22.1. The molecule has 238 valence electrons.